The second-order valence-electron chi connectivity index (χ2n) is 4.20. The van der Waals surface area contributed by atoms with Crippen molar-refractivity contribution < 1.29 is 0 Å². The van der Waals surface area contributed by atoms with Crippen LogP contribution in [-0.4, -0.2) is 31.3 Å². The predicted molar refractivity (Wildman–Crippen MR) is 73.1 cm³/mol. The van der Waals surface area contributed by atoms with Crippen molar-refractivity contribution in [2.75, 3.05) is 6.54 Å². The number of aryl methyl sites for hydroxylation is 2. The smallest absolute Gasteiger partial charge is 0.234 e. The van der Waals surface area contributed by atoms with Crippen molar-refractivity contribution in [2.45, 2.75) is 19.3 Å². The van der Waals surface area contributed by atoms with Gasteiger partial charge in [0.05, 0.1) is 0 Å². The molecule has 0 aliphatic heterocycles. The molecule has 0 saturated carbocycles. The third-order valence-corrected chi connectivity index (χ3v) is 3.80. The van der Waals surface area contributed by atoms with Gasteiger partial charge in [0.2, 0.25) is 4.96 Å². The Hall–Kier alpha value is -1.86. The van der Waals surface area contributed by atoms with Crippen molar-refractivity contribution in [1.82, 2.24) is 24.8 Å². The Morgan fingerprint density at radius 2 is 1.95 bits per heavy atom. The average Bonchev–Trinajstić information content (AvgIpc) is 2.98. The van der Waals surface area contributed by atoms with E-state index in [0.29, 0.717) is 6.54 Å². The topological polar surface area (TPSA) is 82.0 Å². The normalized spacial score (nSPS) is 11.2. The van der Waals surface area contributed by atoms with E-state index >= 15 is 0 Å². The summed E-state index contributed by atoms with van der Waals surface area (Å²) >= 11 is 1.55. The highest BCUT2D eigenvalue weighted by atomic mass is 32.1. The second-order valence-corrected chi connectivity index (χ2v) is 5.24. The minimum atomic E-state index is 0.608. The van der Waals surface area contributed by atoms with E-state index < -0.39 is 0 Å². The highest BCUT2D eigenvalue weighted by Gasteiger charge is 2.11. The van der Waals surface area contributed by atoms with Crippen molar-refractivity contribution >= 4 is 16.3 Å². The maximum Gasteiger partial charge on any atom is 0.234 e. The Bertz CT molecular complexity index is 659. The lowest BCUT2D eigenvalue weighted by molar-refractivity contribution is 0.772. The van der Waals surface area contributed by atoms with Gasteiger partial charge in [-0.1, -0.05) is 11.3 Å². The van der Waals surface area contributed by atoms with E-state index in [1.807, 2.05) is 16.6 Å². The zero-order valence-corrected chi connectivity index (χ0v) is 11.2. The lowest BCUT2D eigenvalue weighted by Gasteiger charge is -1.98. The first-order valence-electron chi connectivity index (χ1n) is 6.16. The van der Waals surface area contributed by atoms with E-state index in [0.717, 1.165) is 35.1 Å². The third-order valence-electron chi connectivity index (χ3n) is 2.84. The molecule has 0 aliphatic rings. The molecule has 0 aromatic carbocycles. The predicted octanol–water partition coefficient (Wildman–Crippen LogP) is 0.867. The number of nitrogens with zero attached hydrogens (tertiary/aromatic N) is 5. The molecule has 98 valence electrons. The van der Waals surface area contributed by atoms with Crippen LogP contribution < -0.4 is 5.73 Å². The standard InChI is InChI=1S/C12H14N6S/c13-6-3-11-17-18-10(15-16-12(18)19-11)2-1-9-4-7-14-8-5-9/h4-5,7-8H,1-3,6,13H2. The largest absolute Gasteiger partial charge is 0.330 e. The monoisotopic (exact) mass is 274 g/mol. The van der Waals surface area contributed by atoms with Crippen LogP contribution in [0.15, 0.2) is 24.5 Å². The number of aromatic nitrogens is 5. The summed E-state index contributed by atoms with van der Waals surface area (Å²) in [7, 11) is 0. The van der Waals surface area contributed by atoms with E-state index in [2.05, 4.69) is 20.3 Å². The maximum atomic E-state index is 5.54. The van der Waals surface area contributed by atoms with Crippen LogP contribution in [0.3, 0.4) is 0 Å². The molecule has 0 radical (unpaired) electrons. The minimum absolute atomic E-state index is 0.608. The fraction of sp³-hybridized carbons (Fsp3) is 0.333. The molecule has 0 amide bonds. The van der Waals surface area contributed by atoms with E-state index in [1.165, 1.54) is 5.56 Å². The van der Waals surface area contributed by atoms with Gasteiger partial charge >= 0.3 is 0 Å². The molecule has 3 heterocycles. The summed E-state index contributed by atoms with van der Waals surface area (Å²) in [5.74, 6) is 0.895. The van der Waals surface area contributed by atoms with Gasteiger partial charge in [-0.15, -0.1) is 10.2 Å². The highest BCUT2D eigenvalue weighted by molar-refractivity contribution is 7.16. The van der Waals surface area contributed by atoms with Crippen molar-refractivity contribution in [3.05, 3.63) is 40.9 Å². The van der Waals surface area contributed by atoms with Crippen LogP contribution in [0.4, 0.5) is 0 Å². The van der Waals surface area contributed by atoms with Crippen molar-refractivity contribution in [1.29, 1.82) is 0 Å². The molecular weight excluding hydrogens is 260 g/mol. The zero-order valence-electron chi connectivity index (χ0n) is 10.4. The SMILES string of the molecule is NCCc1nn2c(CCc3ccncc3)nnc2s1. The Labute approximate surface area is 114 Å². The fourth-order valence-corrected chi connectivity index (χ4v) is 2.75. The molecule has 3 aromatic rings. The van der Waals surface area contributed by atoms with Crippen molar-refractivity contribution in [2.24, 2.45) is 5.73 Å². The molecule has 0 fully saturated rings. The van der Waals surface area contributed by atoms with E-state index in [9.17, 15) is 0 Å². The minimum Gasteiger partial charge on any atom is -0.330 e. The van der Waals surface area contributed by atoms with E-state index in [1.54, 1.807) is 23.7 Å². The van der Waals surface area contributed by atoms with Crippen LogP contribution in [0, 0.1) is 0 Å². The lowest BCUT2D eigenvalue weighted by atomic mass is 10.1. The number of rotatable bonds is 5. The fourth-order valence-electron chi connectivity index (χ4n) is 1.88. The van der Waals surface area contributed by atoms with Gasteiger partial charge in [-0.2, -0.15) is 9.61 Å². The quantitative estimate of drug-likeness (QED) is 0.746. The Morgan fingerprint density at radius 3 is 2.74 bits per heavy atom. The molecule has 19 heavy (non-hydrogen) atoms. The second kappa shape index (κ2) is 5.41. The first-order chi connectivity index (χ1) is 9.36. The molecule has 0 saturated heterocycles. The first kappa shape index (κ1) is 12.2. The van der Waals surface area contributed by atoms with Crippen LogP contribution in [0.25, 0.3) is 4.96 Å². The number of hydrogen-bond acceptors (Lipinski definition) is 6. The summed E-state index contributed by atoms with van der Waals surface area (Å²) in [6.45, 7) is 0.608. The lowest BCUT2D eigenvalue weighted by Crippen LogP contribution is -2.04. The molecule has 0 aliphatic carbocycles. The molecule has 0 bridgehead atoms. The summed E-state index contributed by atoms with van der Waals surface area (Å²) in [5.41, 5.74) is 6.78. The molecular formula is C12H14N6S. The van der Waals surface area contributed by atoms with Gasteiger partial charge in [-0.3, -0.25) is 4.98 Å². The van der Waals surface area contributed by atoms with Gasteiger partial charge in [-0.05, 0) is 30.7 Å². The first-order valence-corrected chi connectivity index (χ1v) is 6.97. The molecule has 6 nitrogen and oxygen atoms in total. The molecule has 3 aromatic heterocycles. The molecule has 3 rings (SSSR count). The highest BCUT2D eigenvalue weighted by Crippen LogP contribution is 2.15. The van der Waals surface area contributed by atoms with Gasteiger partial charge < -0.3 is 5.73 Å². The van der Waals surface area contributed by atoms with Gasteiger partial charge in [0.25, 0.3) is 0 Å². The summed E-state index contributed by atoms with van der Waals surface area (Å²) < 4.78 is 1.83. The van der Waals surface area contributed by atoms with Crippen LogP contribution in [0.2, 0.25) is 0 Å². The molecule has 0 unspecified atom stereocenters. The van der Waals surface area contributed by atoms with Gasteiger partial charge in [-0.25, -0.2) is 0 Å². The zero-order chi connectivity index (χ0) is 13.1. The van der Waals surface area contributed by atoms with Crippen LogP contribution in [-0.2, 0) is 19.3 Å². The maximum absolute atomic E-state index is 5.54. The Morgan fingerprint density at radius 1 is 1.11 bits per heavy atom. The van der Waals surface area contributed by atoms with Crippen LogP contribution >= 0.6 is 11.3 Å². The molecule has 0 atom stereocenters. The molecule has 7 heteroatoms. The summed E-state index contributed by atoms with van der Waals surface area (Å²) in [5, 5.41) is 13.8. The van der Waals surface area contributed by atoms with E-state index in [-0.39, 0.29) is 0 Å². The summed E-state index contributed by atoms with van der Waals surface area (Å²) in [6.07, 6.45) is 6.12. The molecule has 2 N–H and O–H groups in total. The van der Waals surface area contributed by atoms with E-state index in [4.69, 9.17) is 5.73 Å². The number of hydrogen-bond donors (Lipinski definition) is 1. The molecule has 0 spiro atoms. The van der Waals surface area contributed by atoms with Crippen LogP contribution in [0.1, 0.15) is 16.4 Å². The number of pyridine rings is 1. The Kier molecular flexibility index (Phi) is 3.47. The number of fused-ring (bicyclic) bond motifs is 1. The third kappa shape index (κ3) is 2.61. The van der Waals surface area contributed by atoms with Crippen molar-refractivity contribution in [3.63, 3.8) is 0 Å². The number of nitrogens with two attached hydrogens (primary N) is 1. The summed E-state index contributed by atoms with van der Waals surface area (Å²) in [4.78, 5) is 4.85. The van der Waals surface area contributed by atoms with Gasteiger partial charge in [0.1, 0.15) is 5.01 Å². The van der Waals surface area contributed by atoms with Gasteiger partial charge in [0, 0.05) is 25.2 Å². The average molecular weight is 274 g/mol. The van der Waals surface area contributed by atoms with Crippen molar-refractivity contribution in [3.8, 4) is 0 Å². The Balaban J connectivity index is 1.77. The summed E-state index contributed by atoms with van der Waals surface area (Å²) in [6, 6.07) is 4.03. The van der Waals surface area contributed by atoms with Gasteiger partial charge in [0.15, 0.2) is 5.82 Å². The van der Waals surface area contributed by atoms with Crippen LogP contribution in [0.5, 0.6) is 0 Å².